The second-order valence-electron chi connectivity index (χ2n) is 4.74. The smallest absolute Gasteiger partial charge is 0.0700 e. The lowest BCUT2D eigenvalue weighted by Crippen LogP contribution is -2.41. The number of piperidine rings is 1. The van der Waals surface area contributed by atoms with Gasteiger partial charge in [0.25, 0.3) is 0 Å². The fourth-order valence-electron chi connectivity index (χ4n) is 1.99. The van der Waals surface area contributed by atoms with Gasteiger partial charge in [-0.25, -0.2) is 0 Å². The molecular weight excluding hydrogens is 174 g/mol. The highest BCUT2D eigenvalue weighted by atomic mass is 16.5. The highest BCUT2D eigenvalue weighted by molar-refractivity contribution is 4.75. The van der Waals surface area contributed by atoms with Crippen molar-refractivity contribution in [2.45, 2.75) is 58.6 Å². The molecule has 0 spiro atoms. The summed E-state index contributed by atoms with van der Waals surface area (Å²) in [6, 6.07) is 0.683. The third-order valence-electron chi connectivity index (χ3n) is 3.01. The van der Waals surface area contributed by atoms with E-state index in [-0.39, 0.29) is 0 Å². The Morgan fingerprint density at radius 1 is 1.43 bits per heavy atom. The van der Waals surface area contributed by atoms with Crippen molar-refractivity contribution in [2.75, 3.05) is 13.2 Å². The van der Waals surface area contributed by atoms with Crippen LogP contribution in [0.4, 0.5) is 0 Å². The average Bonchev–Trinajstić information content (AvgIpc) is 2.17. The molecule has 14 heavy (non-hydrogen) atoms. The second kappa shape index (κ2) is 6.41. The zero-order valence-electron chi connectivity index (χ0n) is 9.88. The SMILES string of the molecule is CCCC(C)COC1CCC(C)NC1. The minimum atomic E-state index is 0.463. The lowest BCUT2D eigenvalue weighted by molar-refractivity contribution is 0.0119. The number of nitrogens with one attached hydrogen (secondary N) is 1. The highest BCUT2D eigenvalue weighted by Crippen LogP contribution is 2.13. The maximum absolute atomic E-state index is 5.88. The Labute approximate surface area is 88.4 Å². The normalized spacial score (nSPS) is 30.2. The van der Waals surface area contributed by atoms with Gasteiger partial charge in [0, 0.05) is 19.2 Å². The van der Waals surface area contributed by atoms with Gasteiger partial charge in [-0.05, 0) is 32.1 Å². The second-order valence-corrected chi connectivity index (χ2v) is 4.74. The van der Waals surface area contributed by atoms with Crippen LogP contribution >= 0.6 is 0 Å². The highest BCUT2D eigenvalue weighted by Gasteiger charge is 2.18. The van der Waals surface area contributed by atoms with E-state index in [1.165, 1.54) is 25.7 Å². The van der Waals surface area contributed by atoms with Crippen LogP contribution in [0.5, 0.6) is 0 Å². The first-order chi connectivity index (χ1) is 6.72. The van der Waals surface area contributed by atoms with E-state index in [4.69, 9.17) is 4.74 Å². The Hall–Kier alpha value is -0.0800. The quantitative estimate of drug-likeness (QED) is 0.735. The summed E-state index contributed by atoms with van der Waals surface area (Å²) in [5.74, 6) is 0.722. The standard InChI is InChI=1S/C12H25NO/c1-4-5-10(2)9-14-12-7-6-11(3)13-8-12/h10-13H,4-9H2,1-3H3. The first-order valence-corrected chi connectivity index (χ1v) is 6.07. The molecule has 2 nitrogen and oxygen atoms in total. The van der Waals surface area contributed by atoms with Gasteiger partial charge in [-0.15, -0.1) is 0 Å². The van der Waals surface area contributed by atoms with E-state index < -0.39 is 0 Å². The van der Waals surface area contributed by atoms with Gasteiger partial charge in [0.1, 0.15) is 0 Å². The van der Waals surface area contributed by atoms with E-state index in [9.17, 15) is 0 Å². The van der Waals surface area contributed by atoms with E-state index in [1.807, 2.05) is 0 Å². The van der Waals surface area contributed by atoms with E-state index in [0.717, 1.165) is 19.1 Å². The van der Waals surface area contributed by atoms with Gasteiger partial charge in [-0.1, -0.05) is 20.3 Å². The molecule has 1 rings (SSSR count). The van der Waals surface area contributed by atoms with Crippen LogP contribution in [0.3, 0.4) is 0 Å². The zero-order chi connectivity index (χ0) is 10.4. The monoisotopic (exact) mass is 199 g/mol. The molecule has 84 valence electrons. The van der Waals surface area contributed by atoms with Gasteiger partial charge in [0.05, 0.1) is 6.10 Å². The molecule has 0 aromatic carbocycles. The minimum absolute atomic E-state index is 0.463. The van der Waals surface area contributed by atoms with Gasteiger partial charge in [0.2, 0.25) is 0 Å². The van der Waals surface area contributed by atoms with Crippen LogP contribution in [0, 0.1) is 5.92 Å². The molecule has 0 bridgehead atoms. The molecule has 0 radical (unpaired) electrons. The summed E-state index contributed by atoms with van der Waals surface area (Å²) in [6.45, 7) is 8.74. The van der Waals surface area contributed by atoms with Crippen molar-refractivity contribution in [2.24, 2.45) is 5.92 Å². The average molecular weight is 199 g/mol. The lowest BCUT2D eigenvalue weighted by atomic mass is 10.0. The minimum Gasteiger partial charge on any atom is -0.377 e. The third-order valence-corrected chi connectivity index (χ3v) is 3.01. The number of ether oxygens (including phenoxy) is 1. The van der Waals surface area contributed by atoms with Crippen LogP contribution in [0.1, 0.15) is 46.5 Å². The summed E-state index contributed by atoms with van der Waals surface area (Å²) in [5.41, 5.74) is 0. The maximum Gasteiger partial charge on any atom is 0.0700 e. The molecule has 3 unspecified atom stereocenters. The van der Waals surface area contributed by atoms with Crippen molar-refractivity contribution < 1.29 is 4.74 Å². The number of hydrogen-bond donors (Lipinski definition) is 1. The first kappa shape index (κ1) is 12.0. The molecule has 1 aliphatic rings. The van der Waals surface area contributed by atoms with Gasteiger partial charge >= 0.3 is 0 Å². The summed E-state index contributed by atoms with van der Waals surface area (Å²) in [7, 11) is 0. The lowest BCUT2D eigenvalue weighted by Gasteiger charge is -2.28. The van der Waals surface area contributed by atoms with Gasteiger partial charge in [-0.3, -0.25) is 0 Å². The molecule has 0 aromatic heterocycles. The first-order valence-electron chi connectivity index (χ1n) is 6.07. The van der Waals surface area contributed by atoms with Crippen molar-refractivity contribution in [3.63, 3.8) is 0 Å². The number of hydrogen-bond acceptors (Lipinski definition) is 2. The van der Waals surface area contributed by atoms with Crippen LogP contribution in [0.2, 0.25) is 0 Å². The summed E-state index contributed by atoms with van der Waals surface area (Å²) in [6.07, 6.45) is 5.51. The summed E-state index contributed by atoms with van der Waals surface area (Å²) in [4.78, 5) is 0. The van der Waals surface area contributed by atoms with Crippen LogP contribution in [-0.2, 0) is 4.74 Å². The largest absolute Gasteiger partial charge is 0.377 e. The molecule has 1 aliphatic heterocycles. The Kier molecular flexibility index (Phi) is 5.49. The van der Waals surface area contributed by atoms with Crippen molar-refractivity contribution in [1.82, 2.24) is 5.32 Å². The van der Waals surface area contributed by atoms with Gasteiger partial charge < -0.3 is 10.1 Å². The zero-order valence-corrected chi connectivity index (χ0v) is 9.88. The summed E-state index contributed by atoms with van der Waals surface area (Å²) < 4.78 is 5.88. The fraction of sp³-hybridized carbons (Fsp3) is 1.00. The third kappa shape index (κ3) is 4.43. The molecule has 3 atom stereocenters. The van der Waals surface area contributed by atoms with E-state index in [0.29, 0.717) is 12.1 Å². The van der Waals surface area contributed by atoms with E-state index in [1.54, 1.807) is 0 Å². The van der Waals surface area contributed by atoms with Crippen LogP contribution in [-0.4, -0.2) is 25.3 Å². The molecule has 0 saturated carbocycles. The molecule has 1 fully saturated rings. The molecular formula is C12H25NO. The summed E-state index contributed by atoms with van der Waals surface area (Å²) in [5, 5.41) is 3.46. The number of rotatable bonds is 5. The fourth-order valence-corrected chi connectivity index (χ4v) is 1.99. The maximum atomic E-state index is 5.88. The predicted octanol–water partition coefficient (Wildman–Crippen LogP) is 2.58. The van der Waals surface area contributed by atoms with Crippen molar-refractivity contribution in [3.05, 3.63) is 0 Å². The Morgan fingerprint density at radius 3 is 2.79 bits per heavy atom. The van der Waals surface area contributed by atoms with Crippen molar-refractivity contribution in [3.8, 4) is 0 Å². The molecule has 1 saturated heterocycles. The molecule has 0 aromatic rings. The molecule has 0 amide bonds. The predicted molar refractivity (Wildman–Crippen MR) is 60.5 cm³/mol. The van der Waals surface area contributed by atoms with E-state index >= 15 is 0 Å². The van der Waals surface area contributed by atoms with Crippen LogP contribution in [0.25, 0.3) is 0 Å². The molecule has 1 heterocycles. The summed E-state index contributed by atoms with van der Waals surface area (Å²) >= 11 is 0. The topological polar surface area (TPSA) is 21.3 Å². The Morgan fingerprint density at radius 2 is 2.21 bits per heavy atom. The van der Waals surface area contributed by atoms with Crippen molar-refractivity contribution in [1.29, 1.82) is 0 Å². The van der Waals surface area contributed by atoms with E-state index in [2.05, 4.69) is 26.1 Å². The van der Waals surface area contributed by atoms with Crippen LogP contribution in [0.15, 0.2) is 0 Å². The van der Waals surface area contributed by atoms with Gasteiger partial charge in [-0.2, -0.15) is 0 Å². The van der Waals surface area contributed by atoms with Crippen molar-refractivity contribution >= 4 is 0 Å². The van der Waals surface area contributed by atoms with Gasteiger partial charge in [0.15, 0.2) is 0 Å². The Balaban J connectivity index is 2.06. The molecule has 0 aliphatic carbocycles. The van der Waals surface area contributed by atoms with Crippen LogP contribution < -0.4 is 5.32 Å². The molecule has 2 heteroatoms. The molecule has 1 N–H and O–H groups in total. The Bertz CT molecular complexity index is 141.